The van der Waals surface area contributed by atoms with E-state index in [0.29, 0.717) is 17.2 Å². The zero-order valence-corrected chi connectivity index (χ0v) is 16.8. The Morgan fingerprint density at radius 2 is 2.00 bits per heavy atom. The van der Waals surface area contributed by atoms with E-state index in [4.69, 9.17) is 0 Å². The molecule has 0 unspecified atom stereocenters. The number of nitrogens with one attached hydrogen (secondary N) is 1. The smallest absolute Gasteiger partial charge is 0.293 e. The number of aryl methyl sites for hydroxylation is 1. The quantitative estimate of drug-likeness (QED) is 0.607. The van der Waals surface area contributed by atoms with Crippen LogP contribution in [0.1, 0.15) is 60.1 Å². The fourth-order valence-corrected chi connectivity index (χ4v) is 4.63. The summed E-state index contributed by atoms with van der Waals surface area (Å²) in [6, 6.07) is 13.0. The molecule has 1 fully saturated rings. The van der Waals surface area contributed by atoms with E-state index in [1.807, 2.05) is 12.1 Å². The lowest BCUT2D eigenvalue weighted by Crippen LogP contribution is -2.35. The number of rotatable bonds is 4. The Labute approximate surface area is 171 Å². The Morgan fingerprint density at radius 3 is 2.79 bits per heavy atom. The maximum absolute atomic E-state index is 12.9. The van der Waals surface area contributed by atoms with Crippen molar-refractivity contribution in [1.29, 1.82) is 0 Å². The van der Waals surface area contributed by atoms with E-state index < -0.39 is 0 Å². The lowest BCUT2D eigenvalue weighted by molar-refractivity contribution is -0.384. The van der Waals surface area contributed by atoms with Crippen molar-refractivity contribution in [3.05, 3.63) is 69.3 Å². The third-order valence-electron chi connectivity index (χ3n) is 6.11. The molecule has 0 aromatic heterocycles. The Balaban J connectivity index is 1.57. The SMILES string of the molecule is C[C@@H]1CCCN(c2ccc(C(=O)N[C@@H]3CCCc4ccccc43)cc2[N+](=O)[O-])C1. The van der Waals surface area contributed by atoms with Gasteiger partial charge in [0, 0.05) is 24.7 Å². The summed E-state index contributed by atoms with van der Waals surface area (Å²) < 4.78 is 0. The number of hydrogen-bond acceptors (Lipinski definition) is 4. The Bertz CT molecular complexity index is 927. The molecule has 0 spiro atoms. The zero-order chi connectivity index (χ0) is 20.4. The molecular formula is C23H27N3O3. The van der Waals surface area contributed by atoms with Crippen LogP contribution < -0.4 is 10.2 Å². The van der Waals surface area contributed by atoms with Gasteiger partial charge in [-0.15, -0.1) is 0 Å². The molecular weight excluding hydrogens is 366 g/mol. The summed E-state index contributed by atoms with van der Waals surface area (Å²) in [5, 5.41) is 14.8. The molecule has 1 amide bonds. The summed E-state index contributed by atoms with van der Waals surface area (Å²) in [4.78, 5) is 26.3. The van der Waals surface area contributed by atoms with E-state index >= 15 is 0 Å². The van der Waals surface area contributed by atoms with Gasteiger partial charge in [0.2, 0.25) is 0 Å². The molecule has 1 aliphatic carbocycles. The van der Waals surface area contributed by atoms with Crippen molar-refractivity contribution in [2.24, 2.45) is 5.92 Å². The summed E-state index contributed by atoms with van der Waals surface area (Å²) in [6.45, 7) is 3.79. The lowest BCUT2D eigenvalue weighted by atomic mass is 9.87. The zero-order valence-electron chi connectivity index (χ0n) is 16.8. The van der Waals surface area contributed by atoms with Gasteiger partial charge in [0.05, 0.1) is 11.0 Å². The molecule has 6 heteroatoms. The third-order valence-corrected chi connectivity index (χ3v) is 6.11. The van der Waals surface area contributed by atoms with Crippen LogP contribution in [-0.4, -0.2) is 23.9 Å². The number of nitro benzene ring substituents is 1. The molecule has 4 rings (SSSR count). The fraction of sp³-hybridized carbons (Fsp3) is 0.435. The Morgan fingerprint density at radius 1 is 1.17 bits per heavy atom. The summed E-state index contributed by atoms with van der Waals surface area (Å²) in [7, 11) is 0. The summed E-state index contributed by atoms with van der Waals surface area (Å²) in [5.41, 5.74) is 3.38. The average molecular weight is 393 g/mol. The van der Waals surface area contributed by atoms with E-state index in [-0.39, 0.29) is 22.6 Å². The van der Waals surface area contributed by atoms with Gasteiger partial charge in [0.15, 0.2) is 0 Å². The predicted molar refractivity (Wildman–Crippen MR) is 113 cm³/mol. The molecule has 6 nitrogen and oxygen atoms in total. The van der Waals surface area contributed by atoms with Crippen molar-refractivity contribution < 1.29 is 9.72 Å². The van der Waals surface area contributed by atoms with E-state index in [1.54, 1.807) is 12.1 Å². The van der Waals surface area contributed by atoms with Gasteiger partial charge in [0.1, 0.15) is 5.69 Å². The van der Waals surface area contributed by atoms with Crippen LogP contribution in [0.25, 0.3) is 0 Å². The van der Waals surface area contributed by atoms with Gasteiger partial charge in [-0.3, -0.25) is 14.9 Å². The van der Waals surface area contributed by atoms with Crippen molar-refractivity contribution in [2.75, 3.05) is 18.0 Å². The highest BCUT2D eigenvalue weighted by atomic mass is 16.6. The van der Waals surface area contributed by atoms with E-state index in [0.717, 1.165) is 50.8 Å². The predicted octanol–water partition coefficient (Wildman–Crippen LogP) is 4.64. The second-order valence-corrected chi connectivity index (χ2v) is 8.27. The molecule has 1 N–H and O–H groups in total. The number of carbonyl (C=O) groups excluding carboxylic acids is 1. The van der Waals surface area contributed by atoms with Gasteiger partial charge >= 0.3 is 0 Å². The molecule has 1 aliphatic heterocycles. The second kappa shape index (κ2) is 8.23. The molecule has 2 aliphatic rings. The second-order valence-electron chi connectivity index (χ2n) is 8.27. The third kappa shape index (κ3) is 4.11. The first-order chi connectivity index (χ1) is 14.0. The van der Waals surface area contributed by atoms with Crippen LogP contribution in [0.3, 0.4) is 0 Å². The van der Waals surface area contributed by atoms with Crippen LogP contribution in [0.2, 0.25) is 0 Å². The number of carbonyl (C=O) groups is 1. The molecule has 29 heavy (non-hydrogen) atoms. The van der Waals surface area contributed by atoms with E-state index in [9.17, 15) is 14.9 Å². The van der Waals surface area contributed by atoms with Crippen molar-refractivity contribution in [1.82, 2.24) is 5.32 Å². The molecule has 2 aromatic rings. The number of nitrogens with zero attached hydrogens (tertiary/aromatic N) is 2. The van der Waals surface area contributed by atoms with Gasteiger partial charge in [0.25, 0.3) is 11.6 Å². The molecule has 0 saturated carbocycles. The van der Waals surface area contributed by atoms with E-state index in [2.05, 4.69) is 29.3 Å². The number of nitro groups is 1. The van der Waals surface area contributed by atoms with Crippen molar-refractivity contribution in [3.63, 3.8) is 0 Å². The maximum atomic E-state index is 12.9. The van der Waals surface area contributed by atoms with Gasteiger partial charge < -0.3 is 10.2 Å². The highest BCUT2D eigenvalue weighted by molar-refractivity contribution is 5.96. The van der Waals surface area contributed by atoms with Crippen molar-refractivity contribution >= 4 is 17.3 Å². The van der Waals surface area contributed by atoms with Crippen molar-refractivity contribution in [2.45, 2.75) is 45.1 Å². The first kappa shape index (κ1) is 19.4. The molecule has 1 heterocycles. The van der Waals surface area contributed by atoms with Crippen LogP contribution in [-0.2, 0) is 6.42 Å². The number of hydrogen-bond donors (Lipinski definition) is 1. The standard InChI is InChI=1S/C23H27N3O3/c1-16-6-5-13-25(15-16)21-12-11-18(14-22(21)26(28)29)23(27)24-20-10-4-8-17-7-2-3-9-19(17)20/h2-3,7,9,11-12,14,16,20H,4-6,8,10,13,15H2,1H3,(H,24,27)/t16-,20-/m1/s1. The summed E-state index contributed by atoms with van der Waals surface area (Å²) in [5.74, 6) is 0.256. The molecule has 1 saturated heterocycles. The summed E-state index contributed by atoms with van der Waals surface area (Å²) in [6.07, 6.45) is 5.11. The monoisotopic (exact) mass is 393 g/mol. The van der Waals surface area contributed by atoms with Gasteiger partial charge in [-0.2, -0.15) is 0 Å². The van der Waals surface area contributed by atoms with Crippen LogP contribution in [0.5, 0.6) is 0 Å². The first-order valence-corrected chi connectivity index (χ1v) is 10.4. The van der Waals surface area contributed by atoms with E-state index in [1.165, 1.54) is 11.6 Å². The molecule has 2 atom stereocenters. The highest BCUT2D eigenvalue weighted by Crippen LogP contribution is 2.33. The Kier molecular flexibility index (Phi) is 5.51. The first-order valence-electron chi connectivity index (χ1n) is 10.4. The van der Waals surface area contributed by atoms with Gasteiger partial charge in [-0.25, -0.2) is 0 Å². The molecule has 2 aromatic carbocycles. The number of benzene rings is 2. The minimum atomic E-state index is -0.374. The van der Waals surface area contributed by atoms with Crippen LogP contribution in [0.4, 0.5) is 11.4 Å². The van der Waals surface area contributed by atoms with Crippen LogP contribution in [0, 0.1) is 16.0 Å². The molecule has 0 bridgehead atoms. The lowest BCUT2D eigenvalue weighted by Gasteiger charge is -2.32. The maximum Gasteiger partial charge on any atom is 0.293 e. The fourth-order valence-electron chi connectivity index (χ4n) is 4.63. The number of anilines is 1. The normalized spacial score (nSPS) is 21.3. The molecule has 152 valence electrons. The largest absolute Gasteiger partial charge is 0.366 e. The van der Waals surface area contributed by atoms with Crippen molar-refractivity contribution in [3.8, 4) is 0 Å². The van der Waals surface area contributed by atoms with Gasteiger partial charge in [-0.1, -0.05) is 31.2 Å². The summed E-state index contributed by atoms with van der Waals surface area (Å²) >= 11 is 0. The van der Waals surface area contributed by atoms with Gasteiger partial charge in [-0.05, 0) is 61.3 Å². The number of amides is 1. The topological polar surface area (TPSA) is 75.5 Å². The van der Waals surface area contributed by atoms with Crippen LogP contribution >= 0.6 is 0 Å². The minimum Gasteiger partial charge on any atom is -0.366 e. The Hall–Kier alpha value is -2.89. The molecule has 0 radical (unpaired) electrons. The number of fused-ring (bicyclic) bond motifs is 1. The minimum absolute atomic E-state index is 0.00999. The average Bonchev–Trinajstić information content (AvgIpc) is 2.73. The highest BCUT2D eigenvalue weighted by Gasteiger charge is 2.27. The van der Waals surface area contributed by atoms with Crippen LogP contribution in [0.15, 0.2) is 42.5 Å². The number of piperidine rings is 1.